The number of benzene rings is 2. The van der Waals surface area contributed by atoms with Gasteiger partial charge in [-0.05, 0) is 74.5 Å². The van der Waals surface area contributed by atoms with Gasteiger partial charge in [0.05, 0.1) is 13.7 Å². The minimum Gasteiger partial charge on any atom is -0.497 e. The average Bonchev–Trinajstić information content (AvgIpc) is 3.19. The lowest BCUT2D eigenvalue weighted by atomic mass is 9.88. The number of hydrogen-bond donors (Lipinski definition) is 3. The van der Waals surface area contributed by atoms with Gasteiger partial charge in [0, 0.05) is 55.2 Å². The van der Waals surface area contributed by atoms with Gasteiger partial charge in [0.2, 0.25) is 5.91 Å². The molecule has 1 saturated carbocycles. The number of amides is 4. The molecule has 0 unspecified atom stereocenters. The molecule has 0 atom stereocenters. The molecular weight excluding hydrogens is 543 g/mol. The number of anilines is 2. The van der Waals surface area contributed by atoms with Crippen molar-refractivity contribution in [2.24, 2.45) is 0 Å². The van der Waals surface area contributed by atoms with E-state index in [1.54, 1.807) is 18.1 Å². The smallest absolute Gasteiger partial charge is 0.322 e. The summed E-state index contributed by atoms with van der Waals surface area (Å²) in [4.78, 5) is 45.2. The average molecular weight is 589 g/mol. The number of piperidine rings is 1. The first kappa shape index (κ1) is 30.7. The van der Waals surface area contributed by atoms with Gasteiger partial charge < -0.3 is 30.9 Å². The van der Waals surface area contributed by atoms with Crippen LogP contribution in [0.4, 0.5) is 16.2 Å². The van der Waals surface area contributed by atoms with Crippen LogP contribution in [-0.2, 0) is 17.8 Å². The fourth-order valence-electron chi connectivity index (χ4n) is 6.75. The molecule has 0 radical (unpaired) electrons. The van der Waals surface area contributed by atoms with Crippen LogP contribution >= 0.6 is 0 Å². The van der Waals surface area contributed by atoms with Crippen molar-refractivity contribution in [3.8, 4) is 5.75 Å². The molecule has 10 nitrogen and oxygen atoms in total. The van der Waals surface area contributed by atoms with Crippen LogP contribution in [0.15, 0.2) is 30.3 Å². The summed E-state index contributed by atoms with van der Waals surface area (Å²) in [6, 6.07) is 9.86. The van der Waals surface area contributed by atoms with E-state index in [1.807, 2.05) is 37.0 Å². The van der Waals surface area contributed by atoms with E-state index in [1.165, 1.54) is 32.1 Å². The summed E-state index contributed by atoms with van der Waals surface area (Å²) in [5, 5.41) is 5.86. The predicted molar refractivity (Wildman–Crippen MR) is 172 cm³/mol. The van der Waals surface area contributed by atoms with Crippen LogP contribution in [0, 0.1) is 0 Å². The highest BCUT2D eigenvalue weighted by atomic mass is 16.5. The number of ether oxygens (including phenoxy) is 1. The Hall–Kier alpha value is -3.73. The SMILES string of the molecule is Bc1cc(C(=O)NCC(=O)N2CCC(N3CCc4cc(OC)ccc4NC3=O)CC2)cc(CN(C)C2CCCCC2)c1N. The maximum Gasteiger partial charge on any atom is 0.322 e. The van der Waals surface area contributed by atoms with Gasteiger partial charge in [-0.1, -0.05) is 30.8 Å². The van der Waals surface area contributed by atoms with Gasteiger partial charge in [-0.2, -0.15) is 0 Å². The van der Waals surface area contributed by atoms with Crippen LogP contribution in [0.3, 0.4) is 0 Å². The third-order valence-electron chi connectivity index (χ3n) is 9.45. The number of urea groups is 1. The lowest BCUT2D eigenvalue weighted by Crippen LogP contribution is -2.51. The van der Waals surface area contributed by atoms with E-state index in [4.69, 9.17) is 10.5 Å². The highest BCUT2D eigenvalue weighted by molar-refractivity contribution is 6.36. The zero-order valence-electron chi connectivity index (χ0n) is 25.8. The molecule has 43 heavy (non-hydrogen) atoms. The van der Waals surface area contributed by atoms with Gasteiger partial charge in [-0.15, -0.1) is 0 Å². The lowest BCUT2D eigenvalue weighted by Gasteiger charge is -2.38. The maximum absolute atomic E-state index is 13.1. The molecule has 2 aromatic carbocycles. The van der Waals surface area contributed by atoms with Crippen molar-refractivity contribution in [2.45, 2.75) is 70.0 Å². The van der Waals surface area contributed by atoms with E-state index in [9.17, 15) is 14.4 Å². The van der Waals surface area contributed by atoms with Crippen molar-refractivity contribution >= 4 is 42.5 Å². The molecule has 2 aromatic rings. The first-order chi connectivity index (χ1) is 20.7. The van der Waals surface area contributed by atoms with Crippen LogP contribution < -0.4 is 26.6 Å². The van der Waals surface area contributed by atoms with Crippen LogP contribution in [-0.4, -0.2) is 92.8 Å². The molecule has 1 saturated heterocycles. The molecule has 0 spiro atoms. The second kappa shape index (κ2) is 13.7. The Morgan fingerprint density at radius 1 is 1.09 bits per heavy atom. The monoisotopic (exact) mass is 588 g/mol. The Labute approximate surface area is 255 Å². The van der Waals surface area contributed by atoms with Gasteiger partial charge in [0.15, 0.2) is 0 Å². The normalized spacial score (nSPS) is 18.2. The van der Waals surface area contributed by atoms with Crippen molar-refractivity contribution in [3.05, 3.63) is 47.0 Å². The summed E-state index contributed by atoms with van der Waals surface area (Å²) >= 11 is 0. The van der Waals surface area contributed by atoms with Crippen molar-refractivity contribution in [1.82, 2.24) is 20.0 Å². The molecule has 2 heterocycles. The Kier molecular flexibility index (Phi) is 9.80. The zero-order valence-corrected chi connectivity index (χ0v) is 25.8. The largest absolute Gasteiger partial charge is 0.497 e. The summed E-state index contributed by atoms with van der Waals surface area (Å²) in [5.74, 6) is 0.385. The number of nitrogens with one attached hydrogen (secondary N) is 2. The number of nitrogens with two attached hydrogens (primary N) is 1. The quantitative estimate of drug-likeness (QED) is 0.321. The lowest BCUT2D eigenvalue weighted by molar-refractivity contribution is -0.131. The first-order valence-corrected chi connectivity index (χ1v) is 15.6. The van der Waals surface area contributed by atoms with Gasteiger partial charge in [0.1, 0.15) is 13.6 Å². The molecule has 1 aliphatic carbocycles. The second-order valence-corrected chi connectivity index (χ2v) is 12.3. The molecule has 0 aromatic heterocycles. The molecule has 230 valence electrons. The van der Waals surface area contributed by atoms with Crippen LogP contribution in [0.25, 0.3) is 0 Å². The van der Waals surface area contributed by atoms with Gasteiger partial charge in [0.25, 0.3) is 5.91 Å². The Bertz CT molecular complexity index is 1340. The van der Waals surface area contributed by atoms with Crippen LogP contribution in [0.1, 0.15) is 66.4 Å². The summed E-state index contributed by atoms with van der Waals surface area (Å²) in [6.45, 7) is 2.33. The standard InChI is InChI=1S/C32H45BN6O4/c1-37(24-6-4-3-5-7-24)20-23-16-22(18-27(33)30(23)34)31(41)35-19-29(40)38-13-11-25(12-14-38)39-15-10-21-17-26(43-2)8-9-28(21)36-32(39)42/h8-9,16-18,24-25H,3-7,10-15,19-20,33-34H2,1-2H3,(H,35,41)(H,36,42). The van der Waals surface area contributed by atoms with E-state index in [0.29, 0.717) is 50.6 Å². The number of hydrogen-bond acceptors (Lipinski definition) is 6. The van der Waals surface area contributed by atoms with E-state index in [2.05, 4.69) is 22.6 Å². The summed E-state index contributed by atoms with van der Waals surface area (Å²) < 4.78 is 5.34. The maximum atomic E-state index is 13.1. The molecule has 2 aliphatic heterocycles. The van der Waals surface area contributed by atoms with Crippen molar-refractivity contribution in [3.63, 3.8) is 0 Å². The van der Waals surface area contributed by atoms with Crippen LogP contribution in [0.5, 0.6) is 5.75 Å². The predicted octanol–water partition coefficient (Wildman–Crippen LogP) is 2.11. The Balaban J connectivity index is 1.12. The Morgan fingerprint density at radius 3 is 2.56 bits per heavy atom. The zero-order chi connectivity index (χ0) is 30.5. The molecule has 11 heteroatoms. The highest BCUT2D eigenvalue weighted by Gasteiger charge is 2.31. The van der Waals surface area contributed by atoms with E-state index < -0.39 is 0 Å². The second-order valence-electron chi connectivity index (χ2n) is 12.3. The topological polar surface area (TPSA) is 120 Å². The molecule has 2 fully saturated rings. The third-order valence-corrected chi connectivity index (χ3v) is 9.45. The minimum absolute atomic E-state index is 0.0535. The van der Waals surface area contributed by atoms with Crippen molar-refractivity contribution in [1.29, 1.82) is 0 Å². The van der Waals surface area contributed by atoms with Gasteiger partial charge >= 0.3 is 6.03 Å². The molecule has 4 N–H and O–H groups in total. The summed E-state index contributed by atoms with van der Waals surface area (Å²) in [5.41, 5.74) is 11.3. The molecule has 4 amide bonds. The van der Waals surface area contributed by atoms with Crippen molar-refractivity contribution < 1.29 is 19.1 Å². The summed E-state index contributed by atoms with van der Waals surface area (Å²) in [7, 11) is 5.69. The number of nitrogen functional groups attached to an aromatic ring is 1. The number of methoxy groups -OCH3 is 1. The summed E-state index contributed by atoms with van der Waals surface area (Å²) in [6.07, 6.45) is 8.35. The molecule has 3 aliphatic rings. The molecule has 5 rings (SSSR count). The van der Waals surface area contributed by atoms with Gasteiger partial charge in [-0.25, -0.2) is 4.79 Å². The minimum atomic E-state index is -0.273. The molecular formula is C32H45BN6O4. The molecule has 0 bridgehead atoms. The first-order valence-electron chi connectivity index (χ1n) is 15.6. The fraction of sp³-hybridized carbons (Fsp3) is 0.531. The number of nitrogens with zero attached hydrogens (tertiary/aromatic N) is 3. The number of carbonyl (C=O) groups excluding carboxylic acids is 3. The van der Waals surface area contributed by atoms with Crippen LogP contribution in [0.2, 0.25) is 0 Å². The third kappa shape index (κ3) is 7.26. The van der Waals surface area contributed by atoms with E-state index >= 15 is 0 Å². The van der Waals surface area contributed by atoms with E-state index in [-0.39, 0.29) is 30.4 Å². The van der Waals surface area contributed by atoms with E-state index in [0.717, 1.165) is 40.1 Å². The fourth-order valence-corrected chi connectivity index (χ4v) is 6.75. The number of carbonyl (C=O) groups is 3. The number of likely N-dealkylation sites (tertiary alicyclic amines) is 1. The van der Waals surface area contributed by atoms with Gasteiger partial charge in [-0.3, -0.25) is 14.5 Å². The Morgan fingerprint density at radius 2 is 1.84 bits per heavy atom. The number of rotatable bonds is 8. The van der Waals surface area contributed by atoms with Crippen molar-refractivity contribution in [2.75, 3.05) is 51.4 Å². The number of fused-ring (bicyclic) bond motifs is 1. The highest BCUT2D eigenvalue weighted by Crippen LogP contribution is 2.28.